The summed E-state index contributed by atoms with van der Waals surface area (Å²) in [5.74, 6) is 0.0169. The van der Waals surface area contributed by atoms with Crippen molar-refractivity contribution in [1.82, 2.24) is 20.1 Å². The van der Waals surface area contributed by atoms with E-state index in [0.717, 1.165) is 0 Å². The molecule has 0 aliphatic heterocycles. The molecule has 7 nitrogen and oxygen atoms in total. The SMILES string of the molecule is CC(OC(=O)c1ccnc(Cl)c1)c1nc(-c2cccnc2)no1. The van der Waals surface area contributed by atoms with Crippen molar-refractivity contribution < 1.29 is 14.1 Å². The highest BCUT2D eigenvalue weighted by Crippen LogP contribution is 2.21. The molecular weight excluding hydrogens is 320 g/mol. The van der Waals surface area contributed by atoms with Crippen LogP contribution in [0.2, 0.25) is 5.15 Å². The van der Waals surface area contributed by atoms with Crippen LogP contribution < -0.4 is 0 Å². The van der Waals surface area contributed by atoms with Gasteiger partial charge in [0, 0.05) is 24.2 Å². The van der Waals surface area contributed by atoms with E-state index in [4.69, 9.17) is 20.9 Å². The lowest BCUT2D eigenvalue weighted by Crippen LogP contribution is -2.09. The monoisotopic (exact) mass is 330 g/mol. The molecule has 3 aromatic rings. The first kappa shape index (κ1) is 15.1. The van der Waals surface area contributed by atoms with E-state index >= 15 is 0 Å². The lowest BCUT2D eigenvalue weighted by atomic mass is 10.2. The zero-order valence-corrected chi connectivity index (χ0v) is 12.8. The predicted molar refractivity (Wildman–Crippen MR) is 80.6 cm³/mol. The molecule has 23 heavy (non-hydrogen) atoms. The quantitative estimate of drug-likeness (QED) is 0.536. The van der Waals surface area contributed by atoms with Gasteiger partial charge in [-0.25, -0.2) is 9.78 Å². The average molecular weight is 331 g/mol. The Balaban J connectivity index is 1.73. The number of pyridine rings is 2. The fraction of sp³-hybridized carbons (Fsp3) is 0.133. The maximum absolute atomic E-state index is 12.0. The van der Waals surface area contributed by atoms with Gasteiger partial charge in [-0.2, -0.15) is 4.98 Å². The van der Waals surface area contributed by atoms with Crippen molar-refractivity contribution >= 4 is 17.6 Å². The van der Waals surface area contributed by atoms with Crippen LogP contribution in [-0.2, 0) is 4.74 Å². The molecule has 0 fully saturated rings. The average Bonchev–Trinajstić information content (AvgIpc) is 3.06. The molecule has 3 aromatic heterocycles. The summed E-state index contributed by atoms with van der Waals surface area (Å²) < 4.78 is 10.4. The van der Waals surface area contributed by atoms with Gasteiger partial charge in [0.25, 0.3) is 5.89 Å². The number of hydrogen-bond acceptors (Lipinski definition) is 7. The van der Waals surface area contributed by atoms with Crippen molar-refractivity contribution in [2.24, 2.45) is 0 Å². The van der Waals surface area contributed by atoms with Gasteiger partial charge in [0.15, 0.2) is 6.10 Å². The van der Waals surface area contributed by atoms with Gasteiger partial charge in [-0.3, -0.25) is 4.98 Å². The van der Waals surface area contributed by atoms with Gasteiger partial charge in [0.1, 0.15) is 5.15 Å². The molecule has 0 aliphatic rings. The van der Waals surface area contributed by atoms with Crippen molar-refractivity contribution in [2.45, 2.75) is 13.0 Å². The van der Waals surface area contributed by atoms with Crippen LogP contribution in [0.3, 0.4) is 0 Å². The number of esters is 1. The van der Waals surface area contributed by atoms with E-state index in [9.17, 15) is 4.79 Å². The zero-order valence-electron chi connectivity index (χ0n) is 12.0. The Morgan fingerprint density at radius 2 is 2.22 bits per heavy atom. The third-order valence-corrected chi connectivity index (χ3v) is 3.16. The number of ether oxygens (including phenoxy) is 1. The molecule has 0 spiro atoms. The lowest BCUT2D eigenvalue weighted by molar-refractivity contribution is 0.0265. The summed E-state index contributed by atoms with van der Waals surface area (Å²) in [6, 6.07) is 6.50. The summed E-state index contributed by atoms with van der Waals surface area (Å²) in [5, 5.41) is 4.06. The largest absolute Gasteiger partial charge is 0.449 e. The molecule has 0 saturated heterocycles. The van der Waals surface area contributed by atoms with Crippen LogP contribution in [0.5, 0.6) is 0 Å². The summed E-state index contributed by atoms with van der Waals surface area (Å²) in [6.45, 7) is 1.64. The molecule has 0 bridgehead atoms. The van der Waals surface area contributed by atoms with Gasteiger partial charge in [-0.05, 0) is 31.2 Å². The predicted octanol–water partition coefficient (Wildman–Crippen LogP) is 3.10. The maximum Gasteiger partial charge on any atom is 0.339 e. The Hall–Kier alpha value is -2.80. The van der Waals surface area contributed by atoms with Gasteiger partial charge in [0.2, 0.25) is 5.82 Å². The minimum absolute atomic E-state index is 0.192. The molecule has 0 amide bonds. The van der Waals surface area contributed by atoms with Gasteiger partial charge < -0.3 is 9.26 Å². The van der Waals surface area contributed by atoms with E-state index in [2.05, 4.69) is 20.1 Å². The van der Waals surface area contributed by atoms with Gasteiger partial charge in [-0.1, -0.05) is 16.8 Å². The first-order valence-corrected chi connectivity index (χ1v) is 7.08. The number of carbonyl (C=O) groups is 1. The number of halogens is 1. The molecule has 0 aliphatic carbocycles. The van der Waals surface area contributed by atoms with Crippen molar-refractivity contribution in [3.05, 3.63) is 59.5 Å². The Bertz CT molecular complexity index is 822. The normalized spacial score (nSPS) is 11.9. The third kappa shape index (κ3) is 3.51. The minimum Gasteiger partial charge on any atom is -0.449 e. The van der Waals surface area contributed by atoms with Crippen molar-refractivity contribution in [3.63, 3.8) is 0 Å². The lowest BCUT2D eigenvalue weighted by Gasteiger charge is -2.08. The standard InChI is InChI=1S/C15H11ClN4O3/c1-9(22-15(21)10-4-6-18-12(16)7-10)14-19-13(20-23-14)11-3-2-5-17-8-11/h2-9H,1H3. The van der Waals surface area contributed by atoms with Crippen molar-refractivity contribution in [3.8, 4) is 11.4 Å². The molecule has 1 atom stereocenters. The van der Waals surface area contributed by atoms with Crippen molar-refractivity contribution in [2.75, 3.05) is 0 Å². The zero-order chi connectivity index (χ0) is 16.2. The second-order valence-electron chi connectivity index (χ2n) is 4.61. The summed E-state index contributed by atoms with van der Waals surface area (Å²) >= 11 is 5.75. The van der Waals surface area contributed by atoms with E-state index < -0.39 is 12.1 Å². The summed E-state index contributed by atoms with van der Waals surface area (Å²) in [7, 11) is 0. The van der Waals surface area contributed by atoms with Gasteiger partial charge >= 0.3 is 5.97 Å². The molecular formula is C15H11ClN4O3. The minimum atomic E-state index is -0.702. The van der Waals surface area contributed by atoms with E-state index in [1.165, 1.54) is 18.3 Å². The first-order chi connectivity index (χ1) is 11.1. The number of nitrogens with zero attached hydrogens (tertiary/aromatic N) is 4. The molecule has 0 saturated carbocycles. The first-order valence-electron chi connectivity index (χ1n) is 6.70. The molecule has 0 radical (unpaired) electrons. The molecule has 3 rings (SSSR count). The van der Waals surface area contributed by atoms with Crippen LogP contribution in [0.4, 0.5) is 0 Å². The fourth-order valence-corrected chi connectivity index (χ4v) is 1.99. The van der Waals surface area contributed by atoms with Crippen LogP contribution in [0, 0.1) is 0 Å². The number of carbonyl (C=O) groups excluding carboxylic acids is 1. The highest BCUT2D eigenvalue weighted by molar-refractivity contribution is 6.29. The molecule has 8 heteroatoms. The van der Waals surface area contributed by atoms with E-state index in [0.29, 0.717) is 17.0 Å². The number of rotatable bonds is 4. The topological polar surface area (TPSA) is 91.0 Å². The van der Waals surface area contributed by atoms with Gasteiger partial charge in [0.05, 0.1) is 5.56 Å². The third-order valence-electron chi connectivity index (χ3n) is 2.96. The summed E-state index contributed by atoms with van der Waals surface area (Å²) in [4.78, 5) is 24.1. The van der Waals surface area contributed by atoms with Crippen LogP contribution in [-0.4, -0.2) is 26.1 Å². The Labute approximate surface area is 136 Å². The highest BCUT2D eigenvalue weighted by Gasteiger charge is 2.20. The van der Waals surface area contributed by atoms with E-state index in [1.807, 2.05) is 0 Å². The van der Waals surface area contributed by atoms with Crippen LogP contribution >= 0.6 is 11.6 Å². The van der Waals surface area contributed by atoms with E-state index in [-0.39, 0.29) is 11.0 Å². The van der Waals surface area contributed by atoms with Crippen LogP contribution in [0.1, 0.15) is 29.3 Å². The molecule has 1 unspecified atom stereocenters. The summed E-state index contributed by atoms with van der Waals surface area (Å²) in [6.07, 6.45) is 3.99. The smallest absolute Gasteiger partial charge is 0.339 e. The van der Waals surface area contributed by atoms with Crippen molar-refractivity contribution in [1.29, 1.82) is 0 Å². The molecule has 0 N–H and O–H groups in total. The number of hydrogen-bond donors (Lipinski definition) is 0. The summed E-state index contributed by atoms with van der Waals surface area (Å²) in [5.41, 5.74) is 1.01. The van der Waals surface area contributed by atoms with Gasteiger partial charge in [-0.15, -0.1) is 0 Å². The molecule has 0 aromatic carbocycles. The highest BCUT2D eigenvalue weighted by atomic mass is 35.5. The van der Waals surface area contributed by atoms with E-state index in [1.54, 1.807) is 31.5 Å². The molecule has 3 heterocycles. The number of aromatic nitrogens is 4. The Morgan fingerprint density at radius 3 is 2.96 bits per heavy atom. The van der Waals surface area contributed by atoms with Crippen LogP contribution in [0.15, 0.2) is 47.4 Å². The Morgan fingerprint density at radius 1 is 1.35 bits per heavy atom. The second-order valence-corrected chi connectivity index (χ2v) is 5.00. The van der Waals surface area contributed by atoms with Crippen LogP contribution in [0.25, 0.3) is 11.4 Å². The second kappa shape index (κ2) is 6.53. The fourth-order valence-electron chi connectivity index (χ4n) is 1.82. The maximum atomic E-state index is 12.0. The Kier molecular flexibility index (Phi) is 4.29. The molecule has 116 valence electrons.